The number of fused-ring (bicyclic) bond motifs is 1. The molecule has 1 atom stereocenters. The minimum absolute atomic E-state index is 0.0351. The van der Waals surface area contributed by atoms with Crippen LogP contribution in [-0.2, 0) is 17.9 Å². The highest BCUT2D eigenvalue weighted by molar-refractivity contribution is 7.03. The van der Waals surface area contributed by atoms with Crippen LogP contribution in [0.25, 0.3) is 0 Å². The molecule has 9 nitrogen and oxygen atoms in total. The Bertz CT molecular complexity index is 697. The molecule has 23 heavy (non-hydrogen) atoms. The quantitative estimate of drug-likeness (QED) is 0.841. The van der Waals surface area contributed by atoms with Crippen LogP contribution in [0.4, 0.5) is 0 Å². The van der Waals surface area contributed by atoms with Gasteiger partial charge in [0.25, 0.3) is 5.91 Å². The average molecular weight is 335 g/mol. The van der Waals surface area contributed by atoms with Gasteiger partial charge in [-0.2, -0.15) is 5.10 Å². The van der Waals surface area contributed by atoms with Gasteiger partial charge in [0.05, 0.1) is 19.0 Å². The predicted octanol–water partition coefficient (Wildman–Crippen LogP) is -0.0736. The van der Waals surface area contributed by atoms with Gasteiger partial charge in [-0.05, 0) is 25.4 Å². The van der Waals surface area contributed by atoms with E-state index in [1.165, 1.54) is 6.33 Å². The molecule has 0 saturated heterocycles. The number of amides is 2. The first-order chi connectivity index (χ1) is 11.0. The van der Waals surface area contributed by atoms with E-state index in [0.717, 1.165) is 11.5 Å². The lowest BCUT2D eigenvalue weighted by Gasteiger charge is -2.23. The van der Waals surface area contributed by atoms with Crippen LogP contribution in [0.3, 0.4) is 0 Å². The van der Waals surface area contributed by atoms with Crippen molar-refractivity contribution >= 4 is 23.3 Å². The molecule has 1 aliphatic heterocycles. The highest BCUT2D eigenvalue weighted by Crippen LogP contribution is 2.17. The zero-order valence-electron chi connectivity index (χ0n) is 12.8. The first kappa shape index (κ1) is 15.5. The molecule has 3 heterocycles. The summed E-state index contributed by atoms with van der Waals surface area (Å²) in [6.07, 6.45) is 1.44. The Morgan fingerprint density at radius 3 is 2.91 bits per heavy atom. The molecule has 0 saturated carbocycles. The van der Waals surface area contributed by atoms with E-state index in [1.54, 1.807) is 15.0 Å². The summed E-state index contributed by atoms with van der Waals surface area (Å²) in [7, 11) is 0. The predicted molar refractivity (Wildman–Crippen MR) is 81.4 cm³/mol. The third-order valence-corrected chi connectivity index (χ3v) is 4.03. The van der Waals surface area contributed by atoms with E-state index < -0.39 is 5.92 Å². The van der Waals surface area contributed by atoms with E-state index in [9.17, 15) is 9.59 Å². The lowest BCUT2D eigenvalue weighted by Crippen LogP contribution is -2.43. The molecule has 0 aromatic carbocycles. The SMILES string of the molecule is CC(C)NC(=O)C1CN(C(=O)c2csnn2)Cc2ncnn2C1. The van der Waals surface area contributed by atoms with Crippen LogP contribution in [0, 0.1) is 5.92 Å². The summed E-state index contributed by atoms with van der Waals surface area (Å²) < 4.78 is 5.40. The standard InChI is InChI=1S/C13H17N7O2S/c1-8(2)16-12(21)9-3-19(13(22)10-6-23-18-17-10)5-11-14-7-15-20(11)4-9/h6-9H,3-5H2,1-2H3,(H,16,21). The summed E-state index contributed by atoms with van der Waals surface area (Å²) >= 11 is 1.12. The number of carbonyl (C=O) groups is 2. The molecule has 3 rings (SSSR count). The molecule has 0 spiro atoms. The third-order valence-electron chi connectivity index (χ3n) is 3.53. The monoisotopic (exact) mass is 335 g/mol. The van der Waals surface area contributed by atoms with Crippen molar-refractivity contribution < 1.29 is 9.59 Å². The Morgan fingerprint density at radius 2 is 2.22 bits per heavy atom. The number of carbonyl (C=O) groups excluding carboxylic acids is 2. The van der Waals surface area contributed by atoms with Gasteiger partial charge in [-0.3, -0.25) is 9.59 Å². The Kier molecular flexibility index (Phi) is 4.33. The minimum atomic E-state index is -0.393. The van der Waals surface area contributed by atoms with Gasteiger partial charge >= 0.3 is 0 Å². The maximum Gasteiger partial charge on any atom is 0.275 e. The summed E-state index contributed by atoms with van der Waals surface area (Å²) in [5.74, 6) is -0.0904. The summed E-state index contributed by atoms with van der Waals surface area (Å²) in [6.45, 7) is 4.79. The van der Waals surface area contributed by atoms with Gasteiger partial charge in [0, 0.05) is 18.0 Å². The van der Waals surface area contributed by atoms with Crippen molar-refractivity contribution in [2.24, 2.45) is 5.92 Å². The summed E-state index contributed by atoms with van der Waals surface area (Å²) in [4.78, 5) is 30.7. The van der Waals surface area contributed by atoms with E-state index in [0.29, 0.717) is 25.5 Å². The van der Waals surface area contributed by atoms with Crippen LogP contribution in [0.1, 0.15) is 30.2 Å². The van der Waals surface area contributed by atoms with E-state index in [4.69, 9.17) is 0 Å². The number of aromatic nitrogens is 5. The number of hydrogen-bond donors (Lipinski definition) is 1. The molecule has 0 radical (unpaired) electrons. The fraction of sp³-hybridized carbons (Fsp3) is 0.538. The molecule has 2 aromatic heterocycles. The summed E-state index contributed by atoms with van der Waals surface area (Å²) in [5.41, 5.74) is 0.283. The normalized spacial score (nSPS) is 17.7. The van der Waals surface area contributed by atoms with Gasteiger partial charge in [0.2, 0.25) is 5.91 Å². The Labute approximate surface area is 136 Å². The molecule has 2 amide bonds. The number of hydrogen-bond acceptors (Lipinski definition) is 7. The van der Waals surface area contributed by atoms with Crippen molar-refractivity contribution in [3.8, 4) is 0 Å². The van der Waals surface area contributed by atoms with Crippen LogP contribution in [-0.4, -0.2) is 53.7 Å². The van der Waals surface area contributed by atoms with Gasteiger partial charge in [-0.1, -0.05) is 4.49 Å². The molecular weight excluding hydrogens is 318 g/mol. The molecule has 122 valence electrons. The van der Waals surface area contributed by atoms with Crippen molar-refractivity contribution in [2.75, 3.05) is 6.54 Å². The van der Waals surface area contributed by atoms with Crippen molar-refractivity contribution in [3.05, 3.63) is 23.2 Å². The Balaban J connectivity index is 1.85. The first-order valence-electron chi connectivity index (χ1n) is 7.28. The number of nitrogens with zero attached hydrogens (tertiary/aromatic N) is 6. The molecule has 0 bridgehead atoms. The van der Waals surface area contributed by atoms with Crippen LogP contribution in [0.5, 0.6) is 0 Å². The van der Waals surface area contributed by atoms with E-state index in [-0.39, 0.29) is 23.6 Å². The van der Waals surface area contributed by atoms with E-state index in [2.05, 4.69) is 25.0 Å². The topological polar surface area (TPSA) is 106 Å². The van der Waals surface area contributed by atoms with E-state index in [1.807, 2.05) is 13.8 Å². The maximum absolute atomic E-state index is 12.6. The first-order valence-corrected chi connectivity index (χ1v) is 8.11. The second-order valence-electron chi connectivity index (χ2n) is 5.69. The van der Waals surface area contributed by atoms with Crippen LogP contribution in [0.2, 0.25) is 0 Å². The van der Waals surface area contributed by atoms with Crippen LogP contribution >= 0.6 is 11.5 Å². The zero-order chi connectivity index (χ0) is 16.4. The second-order valence-corrected chi connectivity index (χ2v) is 6.30. The summed E-state index contributed by atoms with van der Waals surface area (Å²) in [6, 6.07) is 0.0351. The van der Waals surface area contributed by atoms with Crippen molar-refractivity contribution in [1.82, 2.24) is 34.6 Å². The highest BCUT2D eigenvalue weighted by Gasteiger charge is 2.31. The van der Waals surface area contributed by atoms with Crippen LogP contribution in [0.15, 0.2) is 11.7 Å². The minimum Gasteiger partial charge on any atom is -0.354 e. The van der Waals surface area contributed by atoms with E-state index >= 15 is 0 Å². The van der Waals surface area contributed by atoms with Crippen molar-refractivity contribution in [2.45, 2.75) is 33.0 Å². The Hall–Kier alpha value is -2.36. The maximum atomic E-state index is 12.6. The number of nitrogens with one attached hydrogen (secondary N) is 1. The second kappa shape index (κ2) is 6.41. The molecule has 0 aliphatic carbocycles. The lowest BCUT2D eigenvalue weighted by atomic mass is 10.1. The third kappa shape index (κ3) is 3.36. The smallest absolute Gasteiger partial charge is 0.275 e. The van der Waals surface area contributed by atoms with Gasteiger partial charge in [0.15, 0.2) is 5.69 Å². The fourth-order valence-electron chi connectivity index (χ4n) is 2.47. The fourth-order valence-corrected chi connectivity index (χ4v) is 2.90. The molecular formula is C13H17N7O2S. The molecule has 1 N–H and O–H groups in total. The number of rotatable bonds is 3. The van der Waals surface area contributed by atoms with Gasteiger partial charge in [-0.15, -0.1) is 5.10 Å². The van der Waals surface area contributed by atoms with Gasteiger partial charge < -0.3 is 10.2 Å². The van der Waals surface area contributed by atoms with Crippen LogP contribution < -0.4 is 5.32 Å². The average Bonchev–Trinajstić information content (AvgIpc) is 3.14. The summed E-state index contributed by atoms with van der Waals surface area (Å²) in [5, 5.41) is 12.5. The molecule has 0 fully saturated rings. The zero-order valence-corrected chi connectivity index (χ0v) is 13.7. The van der Waals surface area contributed by atoms with Crippen molar-refractivity contribution in [1.29, 1.82) is 0 Å². The molecule has 2 aromatic rings. The molecule has 1 unspecified atom stereocenters. The lowest BCUT2D eigenvalue weighted by molar-refractivity contribution is -0.126. The molecule has 10 heteroatoms. The van der Waals surface area contributed by atoms with Gasteiger partial charge in [-0.25, -0.2) is 9.67 Å². The largest absolute Gasteiger partial charge is 0.354 e. The van der Waals surface area contributed by atoms with Crippen molar-refractivity contribution in [3.63, 3.8) is 0 Å². The molecule has 1 aliphatic rings. The highest BCUT2D eigenvalue weighted by atomic mass is 32.1. The van der Waals surface area contributed by atoms with Gasteiger partial charge in [0.1, 0.15) is 12.2 Å². The Morgan fingerprint density at radius 1 is 1.39 bits per heavy atom.